The number of hydrogen-bond donors (Lipinski definition) is 1. The number of nitrogens with one attached hydrogen (secondary N) is 1. The first kappa shape index (κ1) is 17.7. The molecule has 1 fully saturated rings. The van der Waals surface area contributed by atoms with Crippen LogP contribution < -0.4 is 5.32 Å². The van der Waals surface area contributed by atoms with E-state index in [1.54, 1.807) is 11.3 Å². The van der Waals surface area contributed by atoms with Crippen molar-refractivity contribution >= 4 is 17.2 Å². The highest BCUT2D eigenvalue weighted by Crippen LogP contribution is 2.27. The summed E-state index contributed by atoms with van der Waals surface area (Å²) in [6.45, 7) is 5.63. The molecule has 2 aliphatic rings. The van der Waals surface area contributed by atoms with E-state index in [4.69, 9.17) is 5.10 Å². The summed E-state index contributed by atoms with van der Waals surface area (Å²) in [5.41, 5.74) is 3.19. The van der Waals surface area contributed by atoms with Crippen LogP contribution in [0, 0.1) is 0 Å². The van der Waals surface area contributed by atoms with Crippen molar-refractivity contribution < 1.29 is 4.79 Å². The molecule has 0 aromatic carbocycles. The zero-order valence-electron chi connectivity index (χ0n) is 15.5. The third-order valence-electron chi connectivity index (χ3n) is 5.64. The smallest absolute Gasteiger partial charge is 0.274 e. The van der Waals surface area contributed by atoms with Crippen LogP contribution in [0.3, 0.4) is 0 Å². The molecule has 1 aliphatic heterocycles. The molecule has 0 spiro atoms. The molecule has 0 radical (unpaired) electrons. The predicted octanol–water partition coefficient (Wildman–Crippen LogP) is 3.24. The average Bonchev–Trinajstić information content (AvgIpc) is 3.34. The molecule has 4 rings (SSSR count). The summed E-state index contributed by atoms with van der Waals surface area (Å²) in [4.78, 5) is 16.5. The van der Waals surface area contributed by atoms with Gasteiger partial charge in [-0.1, -0.05) is 6.07 Å². The minimum atomic E-state index is 0.145. The van der Waals surface area contributed by atoms with Crippen molar-refractivity contribution in [2.24, 2.45) is 0 Å². The lowest BCUT2D eigenvalue weighted by Gasteiger charge is -2.27. The van der Waals surface area contributed by atoms with Crippen molar-refractivity contribution in [1.82, 2.24) is 20.0 Å². The fraction of sp³-hybridized carbons (Fsp3) is 0.600. The summed E-state index contributed by atoms with van der Waals surface area (Å²) in [6.07, 6.45) is 6.50. The number of rotatable bonds is 5. The van der Waals surface area contributed by atoms with Crippen LogP contribution in [0.2, 0.25) is 0 Å². The van der Waals surface area contributed by atoms with E-state index < -0.39 is 0 Å². The predicted molar refractivity (Wildman–Crippen MR) is 105 cm³/mol. The monoisotopic (exact) mass is 372 g/mol. The molecule has 6 heteroatoms. The highest BCUT2D eigenvalue weighted by molar-refractivity contribution is 7.09. The molecule has 1 atom stereocenters. The molecule has 26 heavy (non-hydrogen) atoms. The molecule has 1 N–H and O–H groups in total. The summed E-state index contributed by atoms with van der Waals surface area (Å²) in [6, 6.07) is 4.69. The van der Waals surface area contributed by atoms with Crippen LogP contribution in [0.15, 0.2) is 17.5 Å². The largest absolute Gasteiger partial charge is 0.337 e. The first-order valence-electron chi connectivity index (χ1n) is 9.90. The second-order valence-electron chi connectivity index (χ2n) is 7.34. The van der Waals surface area contributed by atoms with E-state index in [0.29, 0.717) is 11.7 Å². The van der Waals surface area contributed by atoms with Gasteiger partial charge in [0, 0.05) is 48.4 Å². The summed E-state index contributed by atoms with van der Waals surface area (Å²) in [5, 5.41) is 10.5. The van der Waals surface area contributed by atoms with Crippen LogP contribution in [-0.2, 0) is 25.9 Å². The Morgan fingerprint density at radius 2 is 2.19 bits per heavy atom. The van der Waals surface area contributed by atoms with E-state index in [1.165, 1.54) is 22.6 Å². The molecule has 1 aliphatic carbocycles. The molecule has 0 bridgehead atoms. The van der Waals surface area contributed by atoms with Gasteiger partial charge >= 0.3 is 0 Å². The van der Waals surface area contributed by atoms with E-state index in [0.717, 1.165) is 58.3 Å². The van der Waals surface area contributed by atoms with Gasteiger partial charge in [-0.25, -0.2) is 0 Å². The zero-order valence-corrected chi connectivity index (χ0v) is 16.4. The zero-order chi connectivity index (χ0) is 17.9. The minimum absolute atomic E-state index is 0.145. The molecule has 2 aromatic rings. The van der Waals surface area contributed by atoms with E-state index in [1.807, 2.05) is 4.90 Å². The Kier molecular flexibility index (Phi) is 5.41. The molecular formula is C20H28N4OS. The number of aryl methyl sites for hydroxylation is 1. The van der Waals surface area contributed by atoms with Crippen LogP contribution in [0.1, 0.15) is 59.2 Å². The summed E-state index contributed by atoms with van der Waals surface area (Å²) >= 11 is 1.79. The van der Waals surface area contributed by atoms with Crippen LogP contribution >= 0.6 is 11.3 Å². The summed E-state index contributed by atoms with van der Waals surface area (Å²) in [5.74, 6) is 0.145. The Morgan fingerprint density at radius 1 is 1.35 bits per heavy atom. The minimum Gasteiger partial charge on any atom is -0.337 e. The number of amides is 1. The van der Waals surface area contributed by atoms with Gasteiger partial charge in [-0.2, -0.15) is 5.10 Å². The Morgan fingerprint density at radius 3 is 2.92 bits per heavy atom. The molecule has 140 valence electrons. The number of nitrogens with zero attached hydrogens (tertiary/aromatic N) is 3. The van der Waals surface area contributed by atoms with Crippen molar-refractivity contribution in [3.63, 3.8) is 0 Å². The van der Waals surface area contributed by atoms with E-state index in [9.17, 15) is 4.79 Å². The molecule has 3 heterocycles. The maximum atomic E-state index is 13.1. The van der Waals surface area contributed by atoms with Gasteiger partial charge in [0.15, 0.2) is 5.69 Å². The number of thiophene rings is 1. The van der Waals surface area contributed by atoms with Crippen LogP contribution in [0.4, 0.5) is 0 Å². The Hall–Kier alpha value is -1.66. The van der Waals surface area contributed by atoms with E-state index >= 15 is 0 Å². The highest BCUT2D eigenvalue weighted by atomic mass is 32.1. The average molecular weight is 373 g/mol. The van der Waals surface area contributed by atoms with Gasteiger partial charge in [-0.15, -0.1) is 11.3 Å². The van der Waals surface area contributed by atoms with Gasteiger partial charge in [0.1, 0.15) is 0 Å². The van der Waals surface area contributed by atoms with Gasteiger partial charge < -0.3 is 10.2 Å². The lowest BCUT2D eigenvalue weighted by Crippen LogP contribution is -2.38. The summed E-state index contributed by atoms with van der Waals surface area (Å²) < 4.78 is 2.06. The van der Waals surface area contributed by atoms with Crippen LogP contribution in [-0.4, -0.2) is 39.7 Å². The fourth-order valence-electron chi connectivity index (χ4n) is 4.20. The first-order chi connectivity index (χ1) is 12.8. The van der Waals surface area contributed by atoms with Gasteiger partial charge in [0.2, 0.25) is 0 Å². The van der Waals surface area contributed by atoms with Crippen molar-refractivity contribution in [2.45, 2.75) is 64.6 Å². The van der Waals surface area contributed by atoms with Crippen molar-refractivity contribution in [2.75, 3.05) is 13.1 Å². The van der Waals surface area contributed by atoms with E-state index in [-0.39, 0.29) is 5.91 Å². The maximum Gasteiger partial charge on any atom is 0.274 e. The number of piperidine rings is 1. The fourth-order valence-corrected chi connectivity index (χ4v) is 4.86. The Balaban J connectivity index is 1.51. The lowest BCUT2D eigenvalue weighted by atomic mass is 9.91. The van der Waals surface area contributed by atoms with Crippen LogP contribution in [0.25, 0.3) is 0 Å². The number of likely N-dealkylation sites (tertiary alicyclic amines) is 1. The lowest BCUT2D eigenvalue weighted by molar-refractivity contribution is 0.0716. The second kappa shape index (κ2) is 7.92. The van der Waals surface area contributed by atoms with Gasteiger partial charge in [-0.3, -0.25) is 9.48 Å². The maximum absolute atomic E-state index is 13.1. The van der Waals surface area contributed by atoms with E-state index in [2.05, 4.69) is 34.4 Å². The molecule has 2 aromatic heterocycles. The topological polar surface area (TPSA) is 50.2 Å². The number of hydrogen-bond acceptors (Lipinski definition) is 4. The van der Waals surface area contributed by atoms with Gasteiger partial charge in [0.05, 0.1) is 0 Å². The first-order valence-corrected chi connectivity index (χ1v) is 10.8. The Labute approximate surface area is 159 Å². The molecule has 5 nitrogen and oxygen atoms in total. The van der Waals surface area contributed by atoms with Crippen molar-refractivity contribution in [3.8, 4) is 0 Å². The van der Waals surface area contributed by atoms with Crippen molar-refractivity contribution in [1.29, 1.82) is 0 Å². The molecule has 1 unspecified atom stereocenters. The van der Waals surface area contributed by atoms with Crippen molar-refractivity contribution in [3.05, 3.63) is 39.3 Å². The number of aromatic nitrogens is 2. The number of fused-ring (bicyclic) bond motifs is 1. The standard InChI is InChI=1S/C20H28N4OS/c1-2-24-18-9-8-15(21-14-16-7-6-12-26-16)13-17(18)19(22-24)20(25)23-10-4-3-5-11-23/h6-7,12,15,21H,2-5,8-11,13-14H2,1H3. The SMILES string of the molecule is CCn1nc(C(=O)N2CCCCC2)c2c1CCC(NCc1cccs1)C2. The molecular weight excluding hydrogens is 344 g/mol. The van der Waals surface area contributed by atoms with Crippen LogP contribution in [0.5, 0.6) is 0 Å². The third-order valence-corrected chi connectivity index (χ3v) is 6.51. The summed E-state index contributed by atoms with van der Waals surface area (Å²) in [7, 11) is 0. The second-order valence-corrected chi connectivity index (χ2v) is 8.37. The number of carbonyl (C=O) groups excluding carboxylic acids is 1. The number of carbonyl (C=O) groups is 1. The quantitative estimate of drug-likeness (QED) is 0.877. The Bertz CT molecular complexity index is 746. The highest BCUT2D eigenvalue weighted by Gasteiger charge is 2.31. The third kappa shape index (κ3) is 3.58. The van der Waals surface area contributed by atoms with Gasteiger partial charge in [0.25, 0.3) is 5.91 Å². The van der Waals surface area contributed by atoms with Gasteiger partial charge in [-0.05, 0) is 56.9 Å². The normalized spacial score (nSPS) is 20.2. The molecule has 0 saturated carbocycles. The molecule has 1 amide bonds. The molecule has 1 saturated heterocycles.